The number of rotatable bonds is 11. The number of likely N-dealkylation sites (tertiary alicyclic amines) is 1. The van der Waals surface area contributed by atoms with Crippen LogP contribution in [0, 0.1) is 11.3 Å². The highest BCUT2D eigenvalue weighted by molar-refractivity contribution is 7.91. The Morgan fingerprint density at radius 2 is 1.76 bits per heavy atom. The standard InChI is InChI=1S/C42H48ClN5O9S/c1-8-24-21-42(24,38(51)47-58(53,54)27-15-16-27)46-36(49)30-19-26(22-48(30)37(50)35(40(2,3)4)45-39(52)57-41(5,6)7)55-32-20-29(23-12-10-9-11-13-23)44-33-28-18-25(43)14-17-31(28)56-34(32)33/h8-14,17-18,20,24,26-27,30,35H,1,15-16,19,21-22H2,2-7H3,(H,45,52)(H,46,49)(H,47,51)/t24-,26-,30+,35-,42-/m1/s1. The number of benzene rings is 2. The van der Waals surface area contributed by atoms with Gasteiger partial charge >= 0.3 is 6.09 Å². The van der Waals surface area contributed by atoms with Crippen LogP contribution in [0.3, 0.4) is 0 Å². The van der Waals surface area contributed by atoms with E-state index in [9.17, 15) is 27.6 Å². The van der Waals surface area contributed by atoms with Gasteiger partial charge in [0.15, 0.2) is 11.3 Å². The van der Waals surface area contributed by atoms with Gasteiger partial charge in [-0.05, 0) is 63.6 Å². The molecule has 1 saturated heterocycles. The summed E-state index contributed by atoms with van der Waals surface area (Å²) in [6.45, 7) is 14.1. The molecule has 58 heavy (non-hydrogen) atoms. The van der Waals surface area contributed by atoms with Gasteiger partial charge in [0.05, 0.1) is 17.5 Å². The van der Waals surface area contributed by atoms with E-state index in [0.717, 1.165) is 5.56 Å². The van der Waals surface area contributed by atoms with Crippen molar-refractivity contribution in [2.24, 2.45) is 11.3 Å². The highest BCUT2D eigenvalue weighted by Crippen LogP contribution is 2.46. The summed E-state index contributed by atoms with van der Waals surface area (Å²) in [5.41, 5.74) is -0.549. The number of nitrogens with one attached hydrogen (secondary N) is 3. The zero-order valence-electron chi connectivity index (χ0n) is 33.3. The largest absolute Gasteiger partial charge is 0.484 e. The molecule has 16 heteroatoms. The second kappa shape index (κ2) is 14.9. The molecule has 2 aliphatic carbocycles. The first-order valence-electron chi connectivity index (χ1n) is 19.2. The predicted molar refractivity (Wildman–Crippen MR) is 218 cm³/mol. The van der Waals surface area contributed by atoms with Gasteiger partial charge in [-0.25, -0.2) is 18.2 Å². The Morgan fingerprint density at radius 3 is 2.38 bits per heavy atom. The van der Waals surface area contributed by atoms with Gasteiger partial charge in [-0.3, -0.25) is 19.1 Å². The minimum atomic E-state index is -3.93. The fraction of sp³-hybridized carbons (Fsp3) is 0.452. The molecule has 2 aromatic carbocycles. The van der Waals surface area contributed by atoms with Crippen LogP contribution in [0.4, 0.5) is 4.79 Å². The van der Waals surface area contributed by atoms with E-state index < -0.39 is 79.7 Å². The van der Waals surface area contributed by atoms with Crippen molar-refractivity contribution in [3.8, 4) is 17.0 Å². The third-order valence-corrected chi connectivity index (χ3v) is 12.6. The zero-order chi connectivity index (χ0) is 41.9. The minimum Gasteiger partial charge on any atom is -0.484 e. The number of pyridine rings is 1. The van der Waals surface area contributed by atoms with Crippen molar-refractivity contribution >= 4 is 67.5 Å². The fourth-order valence-electron chi connectivity index (χ4n) is 7.34. The van der Waals surface area contributed by atoms with Crippen LogP contribution in [0.25, 0.3) is 33.3 Å². The molecule has 2 saturated carbocycles. The van der Waals surface area contributed by atoms with Gasteiger partial charge < -0.3 is 29.4 Å². The summed E-state index contributed by atoms with van der Waals surface area (Å²) in [7, 11) is -3.93. The molecular formula is C42H48ClN5O9S. The first-order valence-corrected chi connectivity index (χ1v) is 21.2. The molecule has 1 aliphatic heterocycles. The molecule has 3 heterocycles. The lowest BCUT2D eigenvalue weighted by Gasteiger charge is -2.36. The van der Waals surface area contributed by atoms with Crippen LogP contribution in [0.1, 0.15) is 67.2 Å². The summed E-state index contributed by atoms with van der Waals surface area (Å²) in [5, 5.41) is 6.01. The van der Waals surface area contributed by atoms with Crippen molar-refractivity contribution in [1.82, 2.24) is 25.2 Å². The maximum absolute atomic E-state index is 14.7. The van der Waals surface area contributed by atoms with Crippen molar-refractivity contribution in [3.05, 3.63) is 72.3 Å². The number of furan rings is 1. The van der Waals surface area contributed by atoms with Crippen molar-refractivity contribution in [3.63, 3.8) is 0 Å². The van der Waals surface area contributed by atoms with Gasteiger partial charge in [0.25, 0.3) is 5.91 Å². The number of carbonyl (C=O) groups excluding carboxylic acids is 4. The van der Waals surface area contributed by atoms with Crippen molar-refractivity contribution in [2.75, 3.05) is 6.54 Å². The zero-order valence-corrected chi connectivity index (χ0v) is 34.8. The highest BCUT2D eigenvalue weighted by Gasteiger charge is 2.62. The maximum Gasteiger partial charge on any atom is 0.408 e. The van der Waals surface area contributed by atoms with Crippen LogP contribution >= 0.6 is 11.6 Å². The summed E-state index contributed by atoms with van der Waals surface area (Å²) in [5.74, 6) is -2.39. The smallest absolute Gasteiger partial charge is 0.408 e. The topological polar surface area (TPSA) is 186 Å². The van der Waals surface area contributed by atoms with E-state index >= 15 is 0 Å². The molecule has 0 unspecified atom stereocenters. The lowest BCUT2D eigenvalue weighted by Crippen LogP contribution is -2.60. The van der Waals surface area contributed by atoms with Gasteiger partial charge in [0, 0.05) is 34.4 Å². The van der Waals surface area contributed by atoms with E-state index in [1.807, 2.05) is 30.3 Å². The normalized spacial score (nSPS) is 22.6. The Morgan fingerprint density at radius 1 is 1.05 bits per heavy atom. The van der Waals surface area contributed by atoms with Gasteiger partial charge in [-0.1, -0.05) is 68.8 Å². The number of alkyl carbamates (subject to hydrolysis) is 1. The molecule has 7 rings (SSSR count). The predicted octanol–water partition coefficient (Wildman–Crippen LogP) is 6.26. The van der Waals surface area contributed by atoms with E-state index in [2.05, 4.69) is 21.9 Å². The summed E-state index contributed by atoms with van der Waals surface area (Å²) < 4.78 is 46.2. The number of aromatic nitrogens is 1. The highest BCUT2D eigenvalue weighted by atomic mass is 35.5. The molecule has 308 valence electrons. The second-order valence-corrected chi connectivity index (χ2v) is 19.8. The van der Waals surface area contributed by atoms with Crippen LogP contribution in [0.15, 0.2) is 71.7 Å². The molecular weight excluding hydrogens is 786 g/mol. The van der Waals surface area contributed by atoms with Crippen molar-refractivity contribution in [2.45, 2.75) is 102 Å². The molecule has 4 aromatic rings. The Balaban J connectivity index is 1.24. The average molecular weight is 834 g/mol. The van der Waals surface area contributed by atoms with Gasteiger partial charge in [0.1, 0.15) is 40.4 Å². The number of carbonyl (C=O) groups is 4. The van der Waals surface area contributed by atoms with Crippen molar-refractivity contribution < 1.29 is 41.5 Å². The third kappa shape index (κ3) is 8.37. The van der Waals surface area contributed by atoms with Crippen molar-refractivity contribution in [1.29, 1.82) is 0 Å². The average Bonchev–Trinajstić information content (AvgIpc) is 4.05. The molecule has 3 fully saturated rings. The minimum absolute atomic E-state index is 0.0335. The van der Waals surface area contributed by atoms with Gasteiger partial charge in [-0.2, -0.15) is 0 Å². The van der Waals surface area contributed by atoms with Crippen LogP contribution in [0.5, 0.6) is 5.75 Å². The second-order valence-electron chi connectivity index (χ2n) is 17.4. The molecule has 14 nitrogen and oxygen atoms in total. The first kappa shape index (κ1) is 41.0. The Labute approximate surface area is 342 Å². The summed E-state index contributed by atoms with van der Waals surface area (Å²) in [4.78, 5) is 62.2. The van der Waals surface area contributed by atoms with E-state index in [1.165, 1.54) is 11.0 Å². The van der Waals surface area contributed by atoms with E-state index in [1.54, 1.807) is 65.8 Å². The monoisotopic (exact) mass is 833 g/mol. The molecule has 0 spiro atoms. The number of sulfonamides is 1. The molecule has 0 radical (unpaired) electrons. The molecule has 3 N–H and O–H groups in total. The number of fused-ring (bicyclic) bond motifs is 3. The number of ether oxygens (including phenoxy) is 2. The van der Waals surface area contributed by atoms with Crippen LogP contribution in [-0.2, 0) is 29.1 Å². The fourth-order valence-corrected chi connectivity index (χ4v) is 8.87. The Bertz CT molecular complexity index is 2420. The lowest BCUT2D eigenvalue weighted by molar-refractivity contribution is -0.143. The van der Waals surface area contributed by atoms with Crippen LogP contribution < -0.4 is 20.1 Å². The van der Waals surface area contributed by atoms with Crippen LogP contribution in [-0.4, -0.2) is 83.2 Å². The quantitative estimate of drug-likeness (QED) is 0.146. The molecule has 4 amide bonds. The Hall–Kier alpha value is -5.15. The summed E-state index contributed by atoms with van der Waals surface area (Å²) in [6, 6.07) is 14.1. The number of nitrogens with zero attached hydrogens (tertiary/aromatic N) is 2. The Kier molecular flexibility index (Phi) is 10.5. The molecule has 0 bridgehead atoms. The van der Waals surface area contributed by atoms with Gasteiger partial charge in [0.2, 0.25) is 21.8 Å². The first-order chi connectivity index (χ1) is 27.2. The number of amides is 4. The van der Waals surface area contributed by atoms with E-state index in [-0.39, 0.29) is 19.4 Å². The lowest BCUT2D eigenvalue weighted by atomic mass is 9.85. The molecule has 3 aliphatic rings. The number of halogens is 1. The van der Waals surface area contributed by atoms with E-state index in [0.29, 0.717) is 51.4 Å². The maximum atomic E-state index is 14.7. The number of hydrogen-bond acceptors (Lipinski definition) is 10. The van der Waals surface area contributed by atoms with Crippen LogP contribution in [0.2, 0.25) is 5.02 Å². The SMILES string of the molecule is C=C[C@@H]1C[C@]1(NC(=O)[C@@H]1C[C@@H](Oc2cc(-c3ccccc3)nc3c2oc2ccc(Cl)cc23)CN1C(=O)[C@@H](NC(=O)OC(C)(C)C)C(C)(C)C)C(=O)NS(=O)(=O)C1CC1. The number of hydrogen-bond donors (Lipinski definition) is 3. The van der Waals surface area contributed by atoms with E-state index in [4.69, 9.17) is 30.5 Å². The van der Waals surface area contributed by atoms with Gasteiger partial charge in [-0.15, -0.1) is 6.58 Å². The molecule has 5 atom stereocenters. The third-order valence-electron chi connectivity index (χ3n) is 10.6. The summed E-state index contributed by atoms with van der Waals surface area (Å²) >= 11 is 6.39. The summed E-state index contributed by atoms with van der Waals surface area (Å²) in [6.07, 6.45) is 0.845. The molecule has 2 aromatic heterocycles.